The monoisotopic (exact) mass is 538 g/mol. The predicted molar refractivity (Wildman–Crippen MR) is 145 cm³/mol. The van der Waals surface area contributed by atoms with E-state index in [0.29, 0.717) is 31.5 Å². The normalized spacial score (nSPS) is 21.4. The number of aliphatic hydroxyl groups is 1. The van der Waals surface area contributed by atoms with Gasteiger partial charge in [0.25, 0.3) is 5.91 Å². The number of alkyl halides is 3. The number of carbonyl (C=O) groups is 2. The van der Waals surface area contributed by atoms with Crippen molar-refractivity contribution in [2.24, 2.45) is 16.6 Å². The fraction of sp³-hybridized carbons (Fsp3) is 0.536. The SMILES string of the molecule is C/C=C/N=C1\CCN(C(=O)C2=CC(O)=C(C(F)(F)F)NC2)C(CC)\C1=C(\N)CCC.C=CC(=O)C(C)CC. The van der Waals surface area contributed by atoms with Gasteiger partial charge in [0.05, 0.1) is 6.04 Å². The van der Waals surface area contributed by atoms with Crippen LogP contribution in [0.4, 0.5) is 13.2 Å². The van der Waals surface area contributed by atoms with E-state index in [1.54, 1.807) is 11.1 Å². The number of carbonyl (C=O) groups excluding carboxylic acids is 2. The minimum atomic E-state index is -4.71. The van der Waals surface area contributed by atoms with Crippen molar-refractivity contribution < 1.29 is 27.9 Å². The van der Waals surface area contributed by atoms with Crippen molar-refractivity contribution >= 4 is 17.4 Å². The van der Waals surface area contributed by atoms with E-state index in [4.69, 9.17) is 5.73 Å². The molecule has 2 aliphatic rings. The van der Waals surface area contributed by atoms with Crippen LogP contribution in [0.1, 0.15) is 66.7 Å². The Morgan fingerprint density at radius 1 is 1.34 bits per heavy atom. The zero-order chi connectivity index (χ0) is 29.0. The molecular formula is C28H41F3N4O3. The Bertz CT molecular complexity index is 1020. The molecule has 4 N–H and O–H groups in total. The van der Waals surface area contributed by atoms with Crippen molar-refractivity contribution in [2.75, 3.05) is 13.1 Å². The minimum absolute atomic E-state index is 0.0706. The van der Waals surface area contributed by atoms with Crippen LogP contribution < -0.4 is 11.1 Å². The average molecular weight is 539 g/mol. The molecule has 2 unspecified atom stereocenters. The molecule has 0 saturated carbocycles. The summed E-state index contributed by atoms with van der Waals surface area (Å²) in [5, 5.41) is 11.9. The van der Waals surface area contributed by atoms with Gasteiger partial charge in [0.1, 0.15) is 5.76 Å². The number of piperidine rings is 1. The molecule has 0 aromatic heterocycles. The van der Waals surface area contributed by atoms with Gasteiger partial charge >= 0.3 is 6.18 Å². The Balaban J connectivity index is 0.000000781. The molecule has 1 amide bonds. The first kappa shape index (κ1) is 32.7. The largest absolute Gasteiger partial charge is 0.506 e. The second-order valence-corrected chi connectivity index (χ2v) is 9.12. The number of halogens is 3. The van der Waals surface area contributed by atoms with Gasteiger partial charge in [0, 0.05) is 54.2 Å². The lowest BCUT2D eigenvalue weighted by Crippen LogP contribution is -2.50. The van der Waals surface area contributed by atoms with E-state index < -0.39 is 23.5 Å². The molecule has 2 heterocycles. The van der Waals surface area contributed by atoms with E-state index >= 15 is 0 Å². The number of allylic oxidation sites excluding steroid dienone is 5. The summed E-state index contributed by atoms with van der Waals surface area (Å²) in [7, 11) is 0. The second-order valence-electron chi connectivity index (χ2n) is 9.12. The maximum absolute atomic E-state index is 13.2. The van der Waals surface area contributed by atoms with Crippen LogP contribution in [0.2, 0.25) is 0 Å². The van der Waals surface area contributed by atoms with Crippen LogP contribution in [0, 0.1) is 5.92 Å². The molecule has 0 aromatic rings. The smallest absolute Gasteiger partial charge is 0.434 e. The van der Waals surface area contributed by atoms with Gasteiger partial charge in [-0.05, 0) is 38.3 Å². The first-order chi connectivity index (χ1) is 17.9. The number of hydrogen-bond donors (Lipinski definition) is 3. The maximum atomic E-state index is 13.2. The molecule has 1 saturated heterocycles. The van der Waals surface area contributed by atoms with E-state index in [9.17, 15) is 27.9 Å². The van der Waals surface area contributed by atoms with E-state index in [1.165, 1.54) is 6.08 Å². The number of rotatable bonds is 8. The number of nitrogens with one attached hydrogen (secondary N) is 1. The summed E-state index contributed by atoms with van der Waals surface area (Å²) in [6.45, 7) is 13.1. The quantitative estimate of drug-likeness (QED) is 0.347. The second kappa shape index (κ2) is 15.2. The molecule has 0 radical (unpaired) electrons. The topological polar surface area (TPSA) is 108 Å². The number of aliphatic hydroxyl groups excluding tert-OH is 1. The van der Waals surface area contributed by atoms with E-state index in [2.05, 4.69) is 16.9 Å². The van der Waals surface area contributed by atoms with E-state index in [0.717, 1.165) is 30.2 Å². The van der Waals surface area contributed by atoms with Gasteiger partial charge in [-0.3, -0.25) is 14.6 Å². The lowest BCUT2D eigenvalue weighted by molar-refractivity contribution is -0.129. The van der Waals surface area contributed by atoms with Crippen LogP contribution in [0.3, 0.4) is 0 Å². The van der Waals surface area contributed by atoms with Crippen LogP contribution in [0.5, 0.6) is 0 Å². The number of ketones is 1. The summed E-state index contributed by atoms with van der Waals surface area (Å²) in [5.41, 5.74) is 7.50. The highest BCUT2D eigenvalue weighted by Crippen LogP contribution is 2.31. The molecule has 38 heavy (non-hydrogen) atoms. The number of dihydropyridines is 1. The highest BCUT2D eigenvalue weighted by molar-refractivity contribution is 6.05. The lowest BCUT2D eigenvalue weighted by atomic mass is 9.88. The third kappa shape index (κ3) is 8.63. The van der Waals surface area contributed by atoms with Crippen molar-refractivity contribution in [3.63, 3.8) is 0 Å². The third-order valence-corrected chi connectivity index (χ3v) is 6.38. The molecule has 0 spiro atoms. The van der Waals surface area contributed by atoms with Crippen molar-refractivity contribution in [1.82, 2.24) is 10.2 Å². The molecular weight excluding hydrogens is 497 g/mol. The summed E-state index contributed by atoms with van der Waals surface area (Å²) in [6, 6.07) is -0.335. The van der Waals surface area contributed by atoms with E-state index in [-0.39, 0.29) is 29.9 Å². The Hall–Kier alpha value is -3.30. The number of hydrogen-bond acceptors (Lipinski definition) is 6. The first-order valence-electron chi connectivity index (χ1n) is 13.0. The summed E-state index contributed by atoms with van der Waals surface area (Å²) < 4.78 is 38.7. The van der Waals surface area contributed by atoms with Crippen LogP contribution in [-0.4, -0.2) is 52.7 Å². The highest BCUT2D eigenvalue weighted by atomic mass is 19.4. The molecule has 7 nitrogen and oxygen atoms in total. The van der Waals surface area contributed by atoms with Gasteiger partial charge in [-0.25, -0.2) is 0 Å². The van der Waals surface area contributed by atoms with Crippen LogP contribution >= 0.6 is 0 Å². The average Bonchev–Trinajstić information content (AvgIpc) is 2.89. The molecule has 2 rings (SSSR count). The highest BCUT2D eigenvalue weighted by Gasteiger charge is 2.40. The standard InChI is InChI=1S/C21H29F3N4O2.C7H12O/c1-4-7-14(25)18-15(26-9-5-2)8-10-28(16(18)6-3)20(30)13-11-17(29)19(27-12-13)21(22,23)24;1-4-6(3)7(8)5-2/h5,9,11,16,27,29H,4,6-8,10,12,25H2,1-3H3;5-6H,2,4H2,1,3H3/b9-5+,18-14+,26-15+;. The molecule has 10 heteroatoms. The van der Waals surface area contributed by atoms with Crippen molar-refractivity contribution in [3.8, 4) is 0 Å². The lowest BCUT2D eigenvalue weighted by Gasteiger charge is -2.39. The maximum Gasteiger partial charge on any atom is 0.434 e. The van der Waals surface area contributed by atoms with Crippen LogP contribution in [0.25, 0.3) is 0 Å². The minimum Gasteiger partial charge on any atom is -0.506 e. The van der Waals surface area contributed by atoms with E-state index in [1.807, 2.05) is 40.7 Å². The predicted octanol–water partition coefficient (Wildman–Crippen LogP) is 5.63. The summed E-state index contributed by atoms with van der Waals surface area (Å²) >= 11 is 0. The molecule has 1 fully saturated rings. The number of aliphatic imine (C=N–C) groups is 1. The number of nitrogens with zero attached hydrogens (tertiary/aromatic N) is 2. The molecule has 0 bridgehead atoms. The zero-order valence-corrected chi connectivity index (χ0v) is 23.0. The Labute approximate surface area is 223 Å². The number of amides is 1. The van der Waals surface area contributed by atoms with Crippen molar-refractivity contribution in [1.29, 1.82) is 0 Å². The fourth-order valence-electron chi connectivity index (χ4n) is 4.17. The van der Waals surface area contributed by atoms with Gasteiger partial charge < -0.3 is 21.1 Å². The molecule has 212 valence electrons. The third-order valence-electron chi connectivity index (χ3n) is 6.38. The molecule has 0 aromatic carbocycles. The van der Waals surface area contributed by atoms with Gasteiger partial charge in [-0.1, -0.05) is 46.8 Å². The van der Waals surface area contributed by atoms with Gasteiger partial charge in [-0.15, -0.1) is 0 Å². The summed E-state index contributed by atoms with van der Waals surface area (Å²) in [6.07, 6.45) is 4.54. The van der Waals surface area contributed by atoms with Crippen LogP contribution in [-0.2, 0) is 9.59 Å². The fourth-order valence-corrected chi connectivity index (χ4v) is 4.17. The summed E-state index contributed by atoms with van der Waals surface area (Å²) in [5.74, 6) is -1.10. The number of nitrogens with two attached hydrogens (primary N) is 1. The Morgan fingerprint density at radius 3 is 2.45 bits per heavy atom. The van der Waals surface area contributed by atoms with Crippen LogP contribution in [0.15, 0.2) is 64.3 Å². The molecule has 0 aliphatic carbocycles. The molecule has 2 aliphatic heterocycles. The van der Waals surface area contributed by atoms with Crippen molar-refractivity contribution in [3.05, 3.63) is 59.3 Å². The molecule has 2 atom stereocenters. The first-order valence-corrected chi connectivity index (χ1v) is 13.0. The van der Waals surface area contributed by atoms with Crippen molar-refractivity contribution in [2.45, 2.75) is 78.9 Å². The Morgan fingerprint density at radius 2 is 2.00 bits per heavy atom. The summed E-state index contributed by atoms with van der Waals surface area (Å²) in [4.78, 5) is 29.9. The van der Waals surface area contributed by atoms with Gasteiger partial charge in [0.2, 0.25) is 0 Å². The Kier molecular flexibility index (Phi) is 13.1. The van der Waals surface area contributed by atoms with Gasteiger partial charge in [0.15, 0.2) is 11.5 Å². The number of likely N-dealkylation sites (tertiary alicyclic amines) is 1. The van der Waals surface area contributed by atoms with Gasteiger partial charge in [-0.2, -0.15) is 13.2 Å². The zero-order valence-electron chi connectivity index (χ0n) is 23.0.